The number of benzene rings is 1. The average molecular weight is 199 g/mol. The van der Waals surface area contributed by atoms with Crippen LogP contribution in [0.25, 0.3) is 0 Å². The van der Waals surface area contributed by atoms with E-state index in [9.17, 15) is 0 Å². The zero-order valence-electron chi connectivity index (χ0n) is 8.57. The summed E-state index contributed by atoms with van der Waals surface area (Å²) in [4.78, 5) is 3.10. The summed E-state index contributed by atoms with van der Waals surface area (Å²) in [6.45, 7) is 1.96. The predicted molar refractivity (Wildman–Crippen MR) is 63.1 cm³/mol. The standard InChI is InChI=1S/C12H13N3/c1-10(12-8-5-9-13-12)14-15-11-6-3-2-4-7-11/h2-9,13,15H,1H3/b14-10+. The number of hydrogen-bond acceptors (Lipinski definition) is 2. The Balaban J connectivity index is 2.06. The van der Waals surface area contributed by atoms with Crippen LogP contribution in [0.3, 0.4) is 0 Å². The molecule has 0 bridgehead atoms. The largest absolute Gasteiger partial charge is 0.360 e. The summed E-state index contributed by atoms with van der Waals surface area (Å²) < 4.78 is 0. The van der Waals surface area contributed by atoms with E-state index in [1.807, 2.05) is 55.6 Å². The second-order valence-electron chi connectivity index (χ2n) is 3.26. The maximum Gasteiger partial charge on any atom is 0.0810 e. The molecule has 1 aromatic heterocycles. The Kier molecular flexibility index (Phi) is 2.83. The average Bonchev–Trinajstić information content (AvgIpc) is 2.81. The highest BCUT2D eigenvalue weighted by Gasteiger charge is 1.95. The first kappa shape index (κ1) is 9.52. The number of hydrogen-bond donors (Lipinski definition) is 2. The van der Waals surface area contributed by atoms with Gasteiger partial charge in [0.05, 0.1) is 17.1 Å². The molecular weight excluding hydrogens is 186 g/mol. The van der Waals surface area contributed by atoms with Crippen LogP contribution in [-0.2, 0) is 0 Å². The predicted octanol–water partition coefficient (Wildman–Crippen LogP) is 2.85. The third kappa shape index (κ3) is 2.47. The van der Waals surface area contributed by atoms with Crippen LogP contribution in [0.1, 0.15) is 12.6 Å². The summed E-state index contributed by atoms with van der Waals surface area (Å²) >= 11 is 0. The zero-order valence-corrected chi connectivity index (χ0v) is 8.57. The Labute approximate surface area is 88.8 Å². The van der Waals surface area contributed by atoms with Crippen LogP contribution >= 0.6 is 0 Å². The van der Waals surface area contributed by atoms with Gasteiger partial charge in [-0.2, -0.15) is 5.10 Å². The van der Waals surface area contributed by atoms with Gasteiger partial charge in [-0.15, -0.1) is 0 Å². The van der Waals surface area contributed by atoms with Gasteiger partial charge in [0, 0.05) is 6.20 Å². The number of nitrogens with zero attached hydrogens (tertiary/aromatic N) is 1. The lowest BCUT2D eigenvalue weighted by Gasteiger charge is -2.01. The SMILES string of the molecule is C/C(=N\Nc1ccccc1)c1ccc[nH]1. The van der Waals surface area contributed by atoms with Crippen molar-refractivity contribution >= 4 is 11.4 Å². The van der Waals surface area contributed by atoms with Gasteiger partial charge < -0.3 is 4.98 Å². The fourth-order valence-electron chi connectivity index (χ4n) is 1.28. The molecule has 0 saturated carbocycles. The van der Waals surface area contributed by atoms with Gasteiger partial charge in [0.2, 0.25) is 0 Å². The van der Waals surface area contributed by atoms with Crippen LogP contribution in [0.4, 0.5) is 5.69 Å². The zero-order chi connectivity index (χ0) is 10.5. The molecule has 0 aliphatic carbocycles. The first-order chi connectivity index (χ1) is 7.36. The quantitative estimate of drug-likeness (QED) is 0.579. The molecule has 1 aromatic carbocycles. The topological polar surface area (TPSA) is 40.2 Å². The van der Waals surface area contributed by atoms with Crippen LogP contribution in [0.5, 0.6) is 0 Å². The van der Waals surface area contributed by atoms with Gasteiger partial charge in [-0.25, -0.2) is 0 Å². The minimum atomic E-state index is 0.934. The fraction of sp³-hybridized carbons (Fsp3) is 0.0833. The van der Waals surface area contributed by atoms with Gasteiger partial charge in [0.15, 0.2) is 0 Å². The summed E-state index contributed by atoms with van der Waals surface area (Å²) in [7, 11) is 0. The van der Waals surface area contributed by atoms with E-state index >= 15 is 0 Å². The molecule has 0 aliphatic heterocycles. The second-order valence-corrected chi connectivity index (χ2v) is 3.26. The third-order valence-corrected chi connectivity index (χ3v) is 2.11. The summed E-state index contributed by atoms with van der Waals surface area (Å²) in [5.41, 5.74) is 5.95. The summed E-state index contributed by atoms with van der Waals surface area (Å²) in [6.07, 6.45) is 1.89. The lowest BCUT2D eigenvalue weighted by Crippen LogP contribution is -1.99. The minimum absolute atomic E-state index is 0.934. The maximum atomic E-state index is 4.27. The first-order valence-electron chi connectivity index (χ1n) is 4.85. The highest BCUT2D eigenvalue weighted by atomic mass is 15.3. The van der Waals surface area contributed by atoms with Gasteiger partial charge in [0.25, 0.3) is 0 Å². The van der Waals surface area contributed by atoms with E-state index in [4.69, 9.17) is 0 Å². The van der Waals surface area contributed by atoms with Crippen molar-refractivity contribution in [1.29, 1.82) is 0 Å². The fourth-order valence-corrected chi connectivity index (χ4v) is 1.28. The van der Waals surface area contributed by atoms with Crippen LogP contribution in [-0.4, -0.2) is 10.7 Å². The number of rotatable bonds is 3. The smallest absolute Gasteiger partial charge is 0.0810 e. The Morgan fingerprint density at radius 3 is 2.60 bits per heavy atom. The molecule has 2 rings (SSSR count). The molecule has 0 saturated heterocycles. The Hall–Kier alpha value is -2.03. The molecule has 0 fully saturated rings. The highest BCUT2D eigenvalue weighted by Crippen LogP contribution is 2.05. The van der Waals surface area contributed by atoms with Crippen molar-refractivity contribution in [2.24, 2.45) is 5.10 Å². The molecule has 2 N–H and O–H groups in total. The molecule has 3 heteroatoms. The molecule has 3 nitrogen and oxygen atoms in total. The molecule has 0 atom stereocenters. The van der Waals surface area contributed by atoms with Gasteiger partial charge in [-0.3, -0.25) is 5.43 Å². The van der Waals surface area contributed by atoms with E-state index in [1.165, 1.54) is 0 Å². The van der Waals surface area contributed by atoms with Crippen molar-refractivity contribution in [2.45, 2.75) is 6.92 Å². The van der Waals surface area contributed by atoms with E-state index < -0.39 is 0 Å². The van der Waals surface area contributed by atoms with Crippen molar-refractivity contribution in [1.82, 2.24) is 4.98 Å². The number of aromatic nitrogens is 1. The molecule has 76 valence electrons. The monoisotopic (exact) mass is 199 g/mol. The van der Waals surface area contributed by atoms with Crippen molar-refractivity contribution in [3.63, 3.8) is 0 Å². The van der Waals surface area contributed by atoms with Crippen LogP contribution in [0.2, 0.25) is 0 Å². The van der Waals surface area contributed by atoms with Crippen LogP contribution in [0.15, 0.2) is 53.8 Å². The van der Waals surface area contributed by atoms with E-state index in [2.05, 4.69) is 15.5 Å². The summed E-state index contributed by atoms with van der Waals surface area (Å²) in [5, 5.41) is 4.27. The Bertz CT molecular complexity index is 429. The normalized spacial score (nSPS) is 11.4. The number of hydrazone groups is 1. The molecule has 0 spiro atoms. The molecule has 0 amide bonds. The maximum absolute atomic E-state index is 4.27. The lowest BCUT2D eigenvalue weighted by atomic mass is 10.3. The second kappa shape index (κ2) is 4.46. The van der Waals surface area contributed by atoms with Gasteiger partial charge in [-0.1, -0.05) is 18.2 Å². The van der Waals surface area contributed by atoms with E-state index in [1.54, 1.807) is 0 Å². The molecule has 0 unspecified atom stereocenters. The minimum Gasteiger partial charge on any atom is -0.360 e. The Morgan fingerprint density at radius 2 is 1.93 bits per heavy atom. The van der Waals surface area contributed by atoms with Gasteiger partial charge >= 0.3 is 0 Å². The molecular formula is C12H13N3. The number of H-pyrrole nitrogens is 1. The third-order valence-electron chi connectivity index (χ3n) is 2.11. The molecule has 0 aliphatic rings. The Morgan fingerprint density at radius 1 is 1.13 bits per heavy atom. The number of para-hydroxylation sites is 1. The molecule has 15 heavy (non-hydrogen) atoms. The van der Waals surface area contributed by atoms with Crippen molar-refractivity contribution < 1.29 is 0 Å². The number of nitrogens with one attached hydrogen (secondary N) is 2. The van der Waals surface area contributed by atoms with Crippen molar-refractivity contribution in [3.05, 3.63) is 54.4 Å². The van der Waals surface area contributed by atoms with E-state index in [0.717, 1.165) is 17.1 Å². The van der Waals surface area contributed by atoms with E-state index in [0.29, 0.717) is 0 Å². The number of aromatic amines is 1. The molecule has 2 aromatic rings. The molecule has 0 radical (unpaired) electrons. The summed E-state index contributed by atoms with van der Waals surface area (Å²) in [6, 6.07) is 13.8. The van der Waals surface area contributed by atoms with E-state index in [-0.39, 0.29) is 0 Å². The number of anilines is 1. The first-order valence-corrected chi connectivity index (χ1v) is 4.85. The summed E-state index contributed by atoms with van der Waals surface area (Å²) in [5.74, 6) is 0. The van der Waals surface area contributed by atoms with Gasteiger partial charge in [-0.05, 0) is 31.2 Å². The van der Waals surface area contributed by atoms with Crippen LogP contribution < -0.4 is 5.43 Å². The van der Waals surface area contributed by atoms with Crippen molar-refractivity contribution in [2.75, 3.05) is 5.43 Å². The van der Waals surface area contributed by atoms with Crippen LogP contribution in [0, 0.1) is 0 Å². The molecule has 1 heterocycles. The van der Waals surface area contributed by atoms with Crippen molar-refractivity contribution in [3.8, 4) is 0 Å². The van der Waals surface area contributed by atoms with Gasteiger partial charge in [0.1, 0.15) is 0 Å². The lowest BCUT2D eigenvalue weighted by molar-refractivity contribution is 1.29. The highest BCUT2D eigenvalue weighted by molar-refractivity contribution is 5.97.